The lowest BCUT2D eigenvalue weighted by Crippen LogP contribution is -2.26. The first-order valence-electron chi connectivity index (χ1n) is 7.50. The molecule has 0 aliphatic rings. The lowest BCUT2D eigenvalue weighted by atomic mass is 10.2. The van der Waals surface area contributed by atoms with Crippen molar-refractivity contribution in [3.63, 3.8) is 0 Å². The molecule has 9 nitrogen and oxygen atoms in total. The topological polar surface area (TPSA) is 126 Å². The van der Waals surface area contributed by atoms with Crippen molar-refractivity contribution in [2.75, 3.05) is 7.11 Å². The molecule has 0 radical (unpaired) electrons. The van der Waals surface area contributed by atoms with E-state index < -0.39 is 17.0 Å². The molecule has 0 saturated carbocycles. The van der Waals surface area contributed by atoms with Gasteiger partial charge in [-0.05, 0) is 43.3 Å². The summed E-state index contributed by atoms with van der Waals surface area (Å²) in [4.78, 5) is 26.8. The van der Waals surface area contributed by atoms with E-state index in [0.29, 0.717) is 17.1 Å². The monoisotopic (exact) mass is 359 g/mol. The number of rotatable bonds is 7. The third-order valence-corrected chi connectivity index (χ3v) is 3.31. The number of ether oxygens (including phenoxy) is 2. The predicted octanol–water partition coefficient (Wildman–Crippen LogP) is 2.23. The van der Waals surface area contributed by atoms with Crippen LogP contribution in [0.25, 0.3) is 0 Å². The van der Waals surface area contributed by atoms with E-state index in [9.17, 15) is 14.9 Å². The van der Waals surface area contributed by atoms with Crippen molar-refractivity contribution in [1.82, 2.24) is 0 Å². The van der Waals surface area contributed by atoms with Gasteiger partial charge in [0.05, 0.1) is 12.0 Å². The summed E-state index contributed by atoms with van der Waals surface area (Å²) in [6.45, 7) is 1.50. The smallest absolute Gasteiger partial charge is 0.374 e. The number of benzene rings is 2. The van der Waals surface area contributed by atoms with Crippen molar-refractivity contribution >= 4 is 17.5 Å². The molecule has 26 heavy (non-hydrogen) atoms. The van der Waals surface area contributed by atoms with Gasteiger partial charge >= 0.3 is 5.97 Å². The summed E-state index contributed by atoms with van der Waals surface area (Å²) in [5.74, 6) is 0.284. The molecule has 0 fully saturated rings. The Bertz CT molecular complexity index is 802. The second kappa shape index (κ2) is 8.47. The first kappa shape index (κ1) is 18.7. The number of nitro benzene ring substituents is 1. The minimum absolute atomic E-state index is 0.0833. The molecule has 0 amide bonds. The number of amidine groups is 1. The normalized spacial score (nSPS) is 12.2. The van der Waals surface area contributed by atoms with Crippen LogP contribution in [0.2, 0.25) is 0 Å². The number of nitrogens with zero attached hydrogens (tertiary/aromatic N) is 2. The van der Waals surface area contributed by atoms with Gasteiger partial charge in [-0.15, -0.1) is 0 Å². The number of nitro groups is 1. The molecule has 9 heteroatoms. The minimum Gasteiger partial charge on any atom is -0.497 e. The van der Waals surface area contributed by atoms with E-state index in [1.165, 1.54) is 31.2 Å². The summed E-state index contributed by atoms with van der Waals surface area (Å²) in [5, 5.41) is 14.1. The van der Waals surface area contributed by atoms with Gasteiger partial charge < -0.3 is 20.0 Å². The van der Waals surface area contributed by atoms with Crippen molar-refractivity contribution in [1.29, 1.82) is 0 Å². The summed E-state index contributed by atoms with van der Waals surface area (Å²) in [5.41, 5.74) is 6.00. The Labute approximate surface area is 149 Å². The van der Waals surface area contributed by atoms with E-state index in [1.807, 2.05) is 0 Å². The molecule has 2 aromatic carbocycles. The van der Waals surface area contributed by atoms with Crippen LogP contribution in [0, 0.1) is 10.1 Å². The van der Waals surface area contributed by atoms with Gasteiger partial charge in [-0.3, -0.25) is 10.1 Å². The summed E-state index contributed by atoms with van der Waals surface area (Å²) >= 11 is 0. The van der Waals surface area contributed by atoms with E-state index >= 15 is 0 Å². The first-order chi connectivity index (χ1) is 12.4. The molecule has 2 aromatic rings. The Morgan fingerprint density at radius 3 is 2.23 bits per heavy atom. The lowest BCUT2D eigenvalue weighted by Gasteiger charge is -2.12. The van der Waals surface area contributed by atoms with Gasteiger partial charge in [0.2, 0.25) is 0 Å². The SMILES string of the molecule is COc1ccc(O[C@@H](C)C(=O)O/N=C(/N)c2ccc([N+](=O)[O-])cc2)cc1. The van der Waals surface area contributed by atoms with Gasteiger partial charge in [-0.2, -0.15) is 0 Å². The summed E-state index contributed by atoms with van der Waals surface area (Å²) < 4.78 is 10.5. The average Bonchev–Trinajstić information content (AvgIpc) is 2.66. The molecule has 0 saturated heterocycles. The molecule has 136 valence electrons. The van der Waals surface area contributed by atoms with Crippen LogP contribution in [-0.2, 0) is 9.63 Å². The van der Waals surface area contributed by atoms with Crippen molar-refractivity contribution in [2.45, 2.75) is 13.0 Å². The van der Waals surface area contributed by atoms with Crippen LogP contribution in [0.1, 0.15) is 12.5 Å². The zero-order chi connectivity index (χ0) is 19.1. The molecular weight excluding hydrogens is 342 g/mol. The molecule has 0 heterocycles. The van der Waals surface area contributed by atoms with E-state index in [-0.39, 0.29) is 11.5 Å². The quantitative estimate of drug-likeness (QED) is 0.264. The Hall–Kier alpha value is -3.62. The lowest BCUT2D eigenvalue weighted by molar-refractivity contribution is -0.384. The molecule has 2 N–H and O–H groups in total. The molecule has 0 spiro atoms. The summed E-state index contributed by atoms with van der Waals surface area (Å²) in [7, 11) is 1.54. The molecule has 1 atom stereocenters. The highest BCUT2D eigenvalue weighted by Gasteiger charge is 2.17. The number of non-ortho nitro benzene ring substituents is 1. The highest BCUT2D eigenvalue weighted by atomic mass is 16.7. The van der Waals surface area contributed by atoms with Crippen LogP contribution in [0.15, 0.2) is 53.7 Å². The van der Waals surface area contributed by atoms with E-state index in [4.69, 9.17) is 20.0 Å². The zero-order valence-electron chi connectivity index (χ0n) is 14.1. The maximum Gasteiger partial charge on any atom is 0.374 e. The second-order valence-corrected chi connectivity index (χ2v) is 5.13. The summed E-state index contributed by atoms with van der Waals surface area (Å²) in [6, 6.07) is 12.0. The zero-order valence-corrected chi connectivity index (χ0v) is 14.1. The van der Waals surface area contributed by atoms with Crippen LogP contribution in [0.5, 0.6) is 11.5 Å². The maximum absolute atomic E-state index is 11.9. The predicted molar refractivity (Wildman–Crippen MR) is 93.0 cm³/mol. The second-order valence-electron chi connectivity index (χ2n) is 5.13. The van der Waals surface area contributed by atoms with E-state index in [0.717, 1.165) is 0 Å². The molecule has 0 aliphatic heterocycles. The Kier molecular flexibility index (Phi) is 6.10. The Morgan fingerprint density at radius 2 is 1.69 bits per heavy atom. The van der Waals surface area contributed by atoms with Gasteiger partial charge in [0.25, 0.3) is 5.69 Å². The number of methoxy groups -OCH3 is 1. The largest absolute Gasteiger partial charge is 0.497 e. The highest BCUT2D eigenvalue weighted by Crippen LogP contribution is 2.18. The number of oxime groups is 1. The first-order valence-corrected chi connectivity index (χ1v) is 7.50. The summed E-state index contributed by atoms with van der Waals surface area (Å²) in [6.07, 6.45) is -0.920. The number of nitrogens with two attached hydrogens (primary N) is 1. The van der Waals surface area contributed by atoms with E-state index in [2.05, 4.69) is 5.16 Å². The minimum atomic E-state index is -0.920. The van der Waals surface area contributed by atoms with E-state index in [1.54, 1.807) is 31.4 Å². The van der Waals surface area contributed by atoms with Gasteiger partial charge in [0.15, 0.2) is 11.9 Å². The van der Waals surface area contributed by atoms with Crippen molar-refractivity contribution < 1.29 is 24.0 Å². The molecule has 0 unspecified atom stereocenters. The van der Waals surface area contributed by atoms with Crippen molar-refractivity contribution in [3.8, 4) is 11.5 Å². The standard InChI is InChI=1S/C17H17N3O6/c1-11(25-15-9-7-14(24-2)8-10-15)17(21)26-19-16(18)12-3-5-13(6-4-12)20(22)23/h3-11H,1-2H3,(H2,18,19)/t11-/m0/s1. The van der Waals surface area contributed by atoms with Crippen LogP contribution in [0.3, 0.4) is 0 Å². The fraction of sp³-hybridized carbons (Fsp3) is 0.176. The fourth-order valence-corrected chi connectivity index (χ4v) is 1.88. The maximum atomic E-state index is 11.9. The Morgan fingerprint density at radius 1 is 1.12 bits per heavy atom. The molecule has 2 rings (SSSR count). The fourth-order valence-electron chi connectivity index (χ4n) is 1.88. The van der Waals surface area contributed by atoms with Crippen molar-refractivity contribution in [2.24, 2.45) is 10.9 Å². The van der Waals surface area contributed by atoms with Gasteiger partial charge in [-0.1, -0.05) is 5.16 Å². The van der Waals surface area contributed by atoms with Crippen LogP contribution >= 0.6 is 0 Å². The van der Waals surface area contributed by atoms with Crippen LogP contribution in [-0.4, -0.2) is 29.9 Å². The third-order valence-electron chi connectivity index (χ3n) is 3.31. The van der Waals surface area contributed by atoms with Gasteiger partial charge in [0.1, 0.15) is 11.5 Å². The molecular formula is C17H17N3O6. The molecule has 0 bridgehead atoms. The number of carbonyl (C=O) groups excluding carboxylic acids is 1. The number of hydrogen-bond acceptors (Lipinski definition) is 7. The van der Waals surface area contributed by atoms with Crippen molar-refractivity contribution in [3.05, 3.63) is 64.2 Å². The molecule has 0 aromatic heterocycles. The van der Waals surface area contributed by atoms with Crippen LogP contribution in [0.4, 0.5) is 5.69 Å². The third kappa shape index (κ3) is 4.94. The number of hydrogen-bond donors (Lipinski definition) is 1. The van der Waals surface area contributed by atoms with Crippen LogP contribution < -0.4 is 15.2 Å². The highest BCUT2D eigenvalue weighted by molar-refractivity contribution is 5.97. The van der Waals surface area contributed by atoms with Gasteiger partial charge in [0, 0.05) is 17.7 Å². The number of carbonyl (C=O) groups is 1. The molecule has 0 aliphatic carbocycles. The Balaban J connectivity index is 1.94. The average molecular weight is 359 g/mol. The van der Waals surface area contributed by atoms with Gasteiger partial charge in [-0.25, -0.2) is 4.79 Å².